The Hall–Kier alpha value is -1.35. The van der Waals surface area contributed by atoms with Crippen LogP contribution in [0.1, 0.15) is 43.7 Å². The van der Waals surface area contributed by atoms with E-state index < -0.39 is 0 Å². The van der Waals surface area contributed by atoms with Gasteiger partial charge in [0.1, 0.15) is 0 Å². The fourth-order valence-corrected chi connectivity index (χ4v) is 3.83. The quantitative estimate of drug-likeness (QED) is 0.887. The van der Waals surface area contributed by atoms with Gasteiger partial charge < -0.3 is 10.1 Å². The van der Waals surface area contributed by atoms with Gasteiger partial charge in [0.2, 0.25) is 5.91 Å². The summed E-state index contributed by atoms with van der Waals surface area (Å²) in [5.41, 5.74) is 1.28. The van der Waals surface area contributed by atoms with E-state index in [4.69, 9.17) is 4.74 Å². The molecule has 2 fully saturated rings. The molecular weight excluding hydrogens is 238 g/mol. The Kier molecular flexibility index (Phi) is 3.31. The Morgan fingerprint density at radius 1 is 1.32 bits per heavy atom. The van der Waals surface area contributed by atoms with Crippen LogP contribution in [0.3, 0.4) is 0 Å². The smallest absolute Gasteiger partial charge is 0.221 e. The van der Waals surface area contributed by atoms with Gasteiger partial charge in [0.15, 0.2) is 0 Å². The molecule has 1 saturated heterocycles. The second-order valence-electron chi connectivity index (χ2n) is 5.90. The van der Waals surface area contributed by atoms with Crippen molar-refractivity contribution in [1.29, 1.82) is 0 Å². The molecule has 0 radical (unpaired) electrons. The highest BCUT2D eigenvalue weighted by atomic mass is 16.5. The number of carbonyl (C=O) groups is 1. The molecule has 3 unspecified atom stereocenters. The van der Waals surface area contributed by atoms with E-state index >= 15 is 0 Å². The minimum absolute atomic E-state index is 0.0529. The minimum Gasteiger partial charge on any atom is -0.381 e. The maximum atomic E-state index is 11.9. The number of amides is 1. The summed E-state index contributed by atoms with van der Waals surface area (Å²) in [4.78, 5) is 11.9. The SMILES string of the molecule is COC1CCCC2(CC(=O)NC2c2ccccc2)C1. The van der Waals surface area contributed by atoms with Crippen molar-refractivity contribution in [2.45, 2.75) is 44.2 Å². The predicted octanol–water partition coefficient (Wildman–Crippen LogP) is 2.82. The molecule has 1 aromatic rings. The van der Waals surface area contributed by atoms with Crippen LogP contribution >= 0.6 is 0 Å². The van der Waals surface area contributed by atoms with Gasteiger partial charge in [0, 0.05) is 18.9 Å². The van der Waals surface area contributed by atoms with Crippen LogP contribution < -0.4 is 5.32 Å². The van der Waals surface area contributed by atoms with Crippen LogP contribution in [0, 0.1) is 5.41 Å². The highest BCUT2D eigenvalue weighted by Crippen LogP contribution is 2.52. The van der Waals surface area contributed by atoms with E-state index in [0.717, 1.165) is 25.7 Å². The molecular formula is C16H21NO2. The number of benzene rings is 1. The van der Waals surface area contributed by atoms with Crippen molar-refractivity contribution < 1.29 is 9.53 Å². The molecule has 3 rings (SSSR count). The number of hydrogen-bond acceptors (Lipinski definition) is 2. The first-order valence-corrected chi connectivity index (χ1v) is 7.11. The predicted molar refractivity (Wildman–Crippen MR) is 73.6 cm³/mol. The normalized spacial score (nSPS) is 34.5. The van der Waals surface area contributed by atoms with Gasteiger partial charge in [-0.25, -0.2) is 0 Å². The van der Waals surface area contributed by atoms with Crippen molar-refractivity contribution in [2.24, 2.45) is 5.41 Å². The summed E-state index contributed by atoms with van der Waals surface area (Å²) in [7, 11) is 1.78. The molecule has 3 heteroatoms. The first-order valence-electron chi connectivity index (χ1n) is 7.11. The zero-order valence-electron chi connectivity index (χ0n) is 11.4. The molecule has 3 atom stereocenters. The molecule has 102 valence electrons. The van der Waals surface area contributed by atoms with Crippen LogP contribution in [0.4, 0.5) is 0 Å². The summed E-state index contributed by atoms with van der Waals surface area (Å²) in [5.74, 6) is 0.186. The van der Waals surface area contributed by atoms with Gasteiger partial charge in [-0.05, 0) is 24.8 Å². The monoisotopic (exact) mass is 259 g/mol. The van der Waals surface area contributed by atoms with Crippen LogP contribution in [0.15, 0.2) is 30.3 Å². The maximum Gasteiger partial charge on any atom is 0.221 e. The second kappa shape index (κ2) is 4.97. The fourth-order valence-electron chi connectivity index (χ4n) is 3.83. The van der Waals surface area contributed by atoms with E-state index in [1.54, 1.807) is 7.11 Å². The Bertz CT molecular complexity index is 459. The lowest BCUT2D eigenvalue weighted by Gasteiger charge is -2.41. The Balaban J connectivity index is 1.91. The second-order valence-corrected chi connectivity index (χ2v) is 5.90. The van der Waals surface area contributed by atoms with Gasteiger partial charge in [0.25, 0.3) is 0 Å². The number of ether oxygens (including phenoxy) is 1. The van der Waals surface area contributed by atoms with Crippen molar-refractivity contribution in [2.75, 3.05) is 7.11 Å². The molecule has 19 heavy (non-hydrogen) atoms. The lowest BCUT2D eigenvalue weighted by atomic mass is 9.66. The van der Waals surface area contributed by atoms with Crippen LogP contribution in [-0.2, 0) is 9.53 Å². The zero-order valence-corrected chi connectivity index (χ0v) is 11.4. The zero-order chi connectivity index (χ0) is 13.3. The van der Waals surface area contributed by atoms with E-state index in [1.807, 2.05) is 18.2 Å². The molecule has 1 aromatic carbocycles. The number of nitrogens with one attached hydrogen (secondary N) is 1. The highest BCUT2D eigenvalue weighted by molar-refractivity contribution is 5.80. The molecule has 0 aromatic heterocycles. The Morgan fingerprint density at radius 2 is 2.11 bits per heavy atom. The molecule has 1 heterocycles. The van der Waals surface area contributed by atoms with E-state index in [9.17, 15) is 4.79 Å². The topological polar surface area (TPSA) is 38.3 Å². The molecule has 1 saturated carbocycles. The first kappa shape index (κ1) is 12.7. The number of rotatable bonds is 2. The van der Waals surface area contributed by atoms with E-state index in [1.165, 1.54) is 5.56 Å². The van der Waals surface area contributed by atoms with Crippen molar-refractivity contribution in [3.05, 3.63) is 35.9 Å². The third kappa shape index (κ3) is 2.27. The van der Waals surface area contributed by atoms with Crippen LogP contribution in [-0.4, -0.2) is 19.1 Å². The largest absolute Gasteiger partial charge is 0.381 e. The summed E-state index contributed by atoms with van der Waals surface area (Å²) in [6.07, 6.45) is 5.32. The van der Waals surface area contributed by atoms with Gasteiger partial charge in [-0.2, -0.15) is 0 Å². The fraction of sp³-hybridized carbons (Fsp3) is 0.562. The van der Waals surface area contributed by atoms with Gasteiger partial charge in [-0.1, -0.05) is 36.8 Å². The number of carbonyl (C=O) groups excluding carboxylic acids is 1. The standard InChI is InChI=1S/C16H21NO2/c1-19-13-8-5-9-16(10-13)11-14(18)17-15(16)12-6-3-2-4-7-12/h2-4,6-7,13,15H,5,8-11H2,1H3,(H,17,18). The lowest BCUT2D eigenvalue weighted by Crippen LogP contribution is -2.36. The Labute approximate surface area is 114 Å². The molecule has 2 aliphatic rings. The minimum atomic E-state index is 0.0529. The molecule has 1 N–H and O–H groups in total. The molecule has 1 amide bonds. The van der Waals surface area contributed by atoms with Crippen molar-refractivity contribution >= 4 is 5.91 Å². The van der Waals surface area contributed by atoms with Gasteiger partial charge in [0.05, 0.1) is 12.1 Å². The molecule has 1 aliphatic carbocycles. The molecule has 1 spiro atoms. The van der Waals surface area contributed by atoms with Crippen LogP contribution in [0.5, 0.6) is 0 Å². The van der Waals surface area contributed by atoms with Gasteiger partial charge in [-0.15, -0.1) is 0 Å². The average Bonchev–Trinajstić information content (AvgIpc) is 2.76. The third-order valence-electron chi connectivity index (χ3n) is 4.73. The highest BCUT2D eigenvalue weighted by Gasteiger charge is 2.49. The third-order valence-corrected chi connectivity index (χ3v) is 4.73. The van der Waals surface area contributed by atoms with E-state index in [0.29, 0.717) is 12.5 Å². The number of hydrogen-bond donors (Lipinski definition) is 1. The Morgan fingerprint density at radius 3 is 2.84 bits per heavy atom. The average molecular weight is 259 g/mol. The first-order chi connectivity index (χ1) is 9.23. The maximum absolute atomic E-state index is 11.9. The summed E-state index contributed by atoms with van der Waals surface area (Å²) in [5, 5.41) is 3.18. The van der Waals surface area contributed by atoms with Crippen LogP contribution in [0.25, 0.3) is 0 Å². The molecule has 0 bridgehead atoms. The summed E-state index contributed by atoms with van der Waals surface area (Å²) in [6.45, 7) is 0. The van der Waals surface area contributed by atoms with E-state index in [2.05, 4.69) is 17.4 Å². The number of methoxy groups -OCH3 is 1. The summed E-state index contributed by atoms with van der Waals surface area (Å²) in [6, 6.07) is 10.5. The van der Waals surface area contributed by atoms with Gasteiger partial charge >= 0.3 is 0 Å². The van der Waals surface area contributed by atoms with E-state index in [-0.39, 0.29) is 17.4 Å². The molecule has 3 nitrogen and oxygen atoms in total. The van der Waals surface area contributed by atoms with Gasteiger partial charge in [-0.3, -0.25) is 4.79 Å². The van der Waals surface area contributed by atoms with Crippen molar-refractivity contribution in [3.8, 4) is 0 Å². The summed E-state index contributed by atoms with van der Waals surface area (Å²) >= 11 is 0. The van der Waals surface area contributed by atoms with Crippen LogP contribution in [0.2, 0.25) is 0 Å². The summed E-state index contributed by atoms with van der Waals surface area (Å²) < 4.78 is 5.56. The lowest BCUT2D eigenvalue weighted by molar-refractivity contribution is -0.120. The van der Waals surface area contributed by atoms with Crippen molar-refractivity contribution in [3.63, 3.8) is 0 Å². The van der Waals surface area contributed by atoms with Crippen molar-refractivity contribution in [1.82, 2.24) is 5.32 Å². The molecule has 1 aliphatic heterocycles.